The molecule has 0 aromatic carbocycles. The van der Waals surface area contributed by atoms with Crippen LogP contribution >= 0.6 is 11.3 Å². The van der Waals surface area contributed by atoms with Gasteiger partial charge in [0.15, 0.2) is 0 Å². The third-order valence-corrected chi connectivity index (χ3v) is 4.93. The molecule has 0 aliphatic carbocycles. The fourth-order valence-corrected chi connectivity index (χ4v) is 3.90. The maximum absolute atomic E-state index is 12.5. The van der Waals surface area contributed by atoms with Gasteiger partial charge in [0.05, 0.1) is 0 Å². The summed E-state index contributed by atoms with van der Waals surface area (Å²) < 4.78 is 29.2. The average molecular weight is 302 g/mol. The van der Waals surface area contributed by atoms with Crippen molar-refractivity contribution >= 4 is 17.2 Å². The zero-order valence-electron chi connectivity index (χ0n) is 11.1. The summed E-state index contributed by atoms with van der Waals surface area (Å²) in [6.07, 6.45) is 0. The third kappa shape index (κ3) is 2.52. The van der Waals surface area contributed by atoms with E-state index in [1.807, 2.05) is 0 Å². The second kappa shape index (κ2) is 5.29. The molecule has 2 saturated heterocycles. The van der Waals surface area contributed by atoms with Crippen molar-refractivity contribution in [1.82, 2.24) is 10.2 Å². The van der Waals surface area contributed by atoms with Crippen molar-refractivity contribution in [3.8, 4) is 5.75 Å². The van der Waals surface area contributed by atoms with E-state index >= 15 is 0 Å². The van der Waals surface area contributed by atoms with E-state index in [2.05, 4.69) is 10.1 Å². The molecule has 20 heavy (non-hydrogen) atoms. The van der Waals surface area contributed by atoms with Crippen molar-refractivity contribution in [2.45, 2.75) is 13.5 Å². The number of alkyl halides is 2. The van der Waals surface area contributed by atoms with E-state index in [1.54, 1.807) is 11.8 Å². The molecule has 0 saturated carbocycles. The quantitative estimate of drug-likeness (QED) is 0.928. The van der Waals surface area contributed by atoms with Crippen LogP contribution < -0.4 is 10.1 Å². The minimum atomic E-state index is -2.90. The van der Waals surface area contributed by atoms with Crippen molar-refractivity contribution in [2.75, 3.05) is 26.2 Å². The molecule has 0 spiro atoms. The van der Waals surface area contributed by atoms with Crippen molar-refractivity contribution in [1.29, 1.82) is 0 Å². The Morgan fingerprint density at radius 3 is 2.70 bits per heavy atom. The first-order valence-electron chi connectivity index (χ1n) is 6.60. The average Bonchev–Trinajstić information content (AvgIpc) is 3.01. The van der Waals surface area contributed by atoms with Crippen molar-refractivity contribution in [3.05, 3.63) is 15.8 Å². The maximum atomic E-state index is 12.5. The predicted octanol–water partition coefficient (Wildman–Crippen LogP) is 1.95. The summed E-state index contributed by atoms with van der Waals surface area (Å²) in [7, 11) is 0. The summed E-state index contributed by atoms with van der Waals surface area (Å²) >= 11 is 1.21. The Labute approximate surface area is 119 Å². The van der Waals surface area contributed by atoms with Gasteiger partial charge in [-0.25, -0.2) is 0 Å². The monoisotopic (exact) mass is 302 g/mol. The first-order chi connectivity index (χ1) is 9.54. The topological polar surface area (TPSA) is 41.6 Å². The van der Waals surface area contributed by atoms with Gasteiger partial charge in [0, 0.05) is 31.1 Å². The van der Waals surface area contributed by atoms with Gasteiger partial charge in [-0.05, 0) is 24.8 Å². The lowest BCUT2D eigenvalue weighted by Gasteiger charge is -2.17. The molecule has 3 rings (SSSR count). The van der Waals surface area contributed by atoms with Gasteiger partial charge in [0.2, 0.25) is 0 Å². The minimum Gasteiger partial charge on any atom is -0.433 e. The number of halogens is 2. The number of aryl methyl sites for hydroxylation is 1. The van der Waals surface area contributed by atoms with Crippen LogP contribution in [0.25, 0.3) is 0 Å². The van der Waals surface area contributed by atoms with Crippen LogP contribution in [-0.4, -0.2) is 43.6 Å². The Balaban J connectivity index is 1.77. The second-order valence-electron chi connectivity index (χ2n) is 5.32. The molecular formula is C13H16F2N2O2S. The number of nitrogens with zero attached hydrogens (tertiary/aromatic N) is 1. The highest BCUT2D eigenvalue weighted by atomic mass is 32.1. The lowest BCUT2D eigenvalue weighted by Crippen LogP contribution is -2.31. The zero-order chi connectivity index (χ0) is 14.3. The fraction of sp³-hybridized carbons (Fsp3) is 0.615. The normalized spacial score (nSPS) is 25.3. The minimum absolute atomic E-state index is 0.00249. The number of likely N-dealkylation sites (tertiary alicyclic amines) is 1. The Morgan fingerprint density at radius 2 is 2.10 bits per heavy atom. The van der Waals surface area contributed by atoms with Crippen LogP contribution in [-0.2, 0) is 0 Å². The summed E-state index contributed by atoms with van der Waals surface area (Å²) in [6.45, 7) is 2.13. The van der Waals surface area contributed by atoms with Crippen molar-refractivity contribution in [2.24, 2.45) is 11.8 Å². The molecule has 3 heterocycles. The standard InChI is InChI=1S/C13H16F2N2O2S/c1-7-2-10(19-13(14)15)11(20-7)12(18)17-5-8-3-16-4-9(8)6-17/h2,8-9,13,16H,3-6H2,1H3/t8-,9+. The number of carbonyl (C=O) groups excluding carboxylic acids is 1. The van der Waals surface area contributed by atoms with Gasteiger partial charge in [-0.2, -0.15) is 8.78 Å². The molecule has 2 aliphatic heterocycles. The van der Waals surface area contributed by atoms with E-state index < -0.39 is 6.61 Å². The molecule has 1 aromatic rings. The summed E-state index contributed by atoms with van der Waals surface area (Å²) in [5.74, 6) is 0.787. The van der Waals surface area contributed by atoms with Gasteiger partial charge in [0.1, 0.15) is 10.6 Å². The fourth-order valence-electron chi connectivity index (χ4n) is 2.99. The zero-order valence-corrected chi connectivity index (χ0v) is 11.9. The summed E-state index contributed by atoms with van der Waals surface area (Å²) in [6, 6.07) is 1.50. The molecule has 2 fully saturated rings. The molecule has 1 N–H and O–H groups in total. The van der Waals surface area contributed by atoms with E-state index in [0.29, 0.717) is 24.9 Å². The van der Waals surface area contributed by atoms with Crippen LogP contribution in [0.5, 0.6) is 5.75 Å². The number of rotatable bonds is 3. The number of amides is 1. The Hall–Kier alpha value is -1.21. The molecule has 0 unspecified atom stereocenters. The SMILES string of the molecule is Cc1cc(OC(F)F)c(C(=O)N2C[C@H]3CNC[C@H]3C2)s1. The Bertz CT molecular complexity index is 508. The van der Waals surface area contributed by atoms with Crippen LogP contribution in [0.1, 0.15) is 14.5 Å². The smallest absolute Gasteiger partial charge is 0.387 e. The molecule has 7 heteroatoms. The highest BCUT2D eigenvalue weighted by Crippen LogP contribution is 2.34. The summed E-state index contributed by atoms with van der Waals surface area (Å²) in [5, 5.41) is 3.31. The Kier molecular flexibility index (Phi) is 3.64. The first-order valence-corrected chi connectivity index (χ1v) is 7.41. The predicted molar refractivity (Wildman–Crippen MR) is 71.4 cm³/mol. The summed E-state index contributed by atoms with van der Waals surface area (Å²) in [4.78, 5) is 15.3. The van der Waals surface area contributed by atoms with Gasteiger partial charge in [-0.15, -0.1) is 11.3 Å². The molecular weight excluding hydrogens is 286 g/mol. The number of hydrogen-bond donors (Lipinski definition) is 1. The molecule has 2 aliphatic rings. The van der Waals surface area contributed by atoms with Crippen LogP contribution in [0.3, 0.4) is 0 Å². The van der Waals surface area contributed by atoms with Gasteiger partial charge in [-0.1, -0.05) is 0 Å². The lowest BCUT2D eigenvalue weighted by atomic mass is 10.0. The highest BCUT2D eigenvalue weighted by molar-refractivity contribution is 7.14. The molecule has 110 valence electrons. The van der Waals surface area contributed by atoms with E-state index in [1.165, 1.54) is 17.4 Å². The lowest BCUT2D eigenvalue weighted by molar-refractivity contribution is -0.0499. The van der Waals surface area contributed by atoms with Gasteiger partial charge >= 0.3 is 6.61 Å². The van der Waals surface area contributed by atoms with Gasteiger partial charge < -0.3 is 15.0 Å². The number of ether oxygens (including phenoxy) is 1. The molecule has 1 aromatic heterocycles. The van der Waals surface area contributed by atoms with E-state index in [0.717, 1.165) is 18.0 Å². The number of nitrogens with one attached hydrogen (secondary N) is 1. The summed E-state index contributed by atoms with van der Waals surface area (Å²) in [5.41, 5.74) is 0. The largest absolute Gasteiger partial charge is 0.433 e. The maximum Gasteiger partial charge on any atom is 0.387 e. The molecule has 4 nitrogen and oxygen atoms in total. The van der Waals surface area contributed by atoms with E-state index in [9.17, 15) is 13.6 Å². The number of carbonyl (C=O) groups is 1. The number of fused-ring (bicyclic) bond motifs is 1. The molecule has 1 amide bonds. The van der Waals surface area contributed by atoms with E-state index in [4.69, 9.17) is 0 Å². The van der Waals surface area contributed by atoms with Crippen molar-refractivity contribution in [3.63, 3.8) is 0 Å². The molecule has 2 atom stereocenters. The number of hydrogen-bond acceptors (Lipinski definition) is 4. The number of thiophene rings is 1. The van der Waals surface area contributed by atoms with Crippen molar-refractivity contribution < 1.29 is 18.3 Å². The first kappa shape index (κ1) is 13.8. The Morgan fingerprint density at radius 1 is 1.45 bits per heavy atom. The van der Waals surface area contributed by atoms with Crippen LogP contribution in [0, 0.1) is 18.8 Å². The van der Waals surface area contributed by atoms with E-state index in [-0.39, 0.29) is 16.5 Å². The second-order valence-corrected chi connectivity index (χ2v) is 6.57. The van der Waals surface area contributed by atoms with Gasteiger partial charge in [0.25, 0.3) is 5.91 Å². The molecule has 0 bridgehead atoms. The highest BCUT2D eigenvalue weighted by Gasteiger charge is 2.39. The molecule has 0 radical (unpaired) electrons. The van der Waals surface area contributed by atoms with Crippen LogP contribution in [0.2, 0.25) is 0 Å². The van der Waals surface area contributed by atoms with Crippen LogP contribution in [0.4, 0.5) is 8.78 Å². The van der Waals surface area contributed by atoms with Gasteiger partial charge in [-0.3, -0.25) is 4.79 Å². The van der Waals surface area contributed by atoms with Crippen LogP contribution in [0.15, 0.2) is 6.07 Å². The third-order valence-electron chi connectivity index (χ3n) is 3.91.